The molecule has 2 aromatic rings. The van der Waals surface area contributed by atoms with Crippen molar-refractivity contribution >= 4 is 17.5 Å². The fraction of sp³-hybridized carbons (Fsp3) is 0.222. The van der Waals surface area contributed by atoms with Crippen LogP contribution in [0.2, 0.25) is 0 Å². The molecule has 1 aliphatic heterocycles. The van der Waals surface area contributed by atoms with E-state index in [-0.39, 0.29) is 11.8 Å². The van der Waals surface area contributed by atoms with E-state index < -0.39 is 6.04 Å². The van der Waals surface area contributed by atoms with Crippen molar-refractivity contribution in [2.75, 3.05) is 5.32 Å². The number of carbonyl (C=O) groups is 2. The molecule has 0 spiro atoms. The van der Waals surface area contributed by atoms with Gasteiger partial charge in [-0.3, -0.25) is 9.59 Å². The lowest BCUT2D eigenvalue weighted by atomic mass is 10.2. The fourth-order valence-electron chi connectivity index (χ4n) is 2.42. The molecule has 1 heterocycles. The highest BCUT2D eigenvalue weighted by Gasteiger charge is 2.26. The molecule has 2 amide bonds. The van der Waals surface area contributed by atoms with Gasteiger partial charge in [-0.05, 0) is 36.2 Å². The average Bonchev–Trinajstić information content (AvgIpc) is 3.02. The lowest BCUT2D eigenvalue weighted by Gasteiger charge is -2.11. The smallest absolute Gasteiger partial charge is 0.246 e. The second kappa shape index (κ2) is 6.96. The fourth-order valence-corrected chi connectivity index (χ4v) is 2.42. The summed E-state index contributed by atoms with van der Waals surface area (Å²) in [5.74, 6) is 0.477. The molecule has 0 bridgehead atoms. The second-order valence-electron chi connectivity index (χ2n) is 5.45. The lowest BCUT2D eigenvalue weighted by Crippen LogP contribution is -2.37. The Balaban J connectivity index is 1.52. The average molecular weight is 310 g/mol. The van der Waals surface area contributed by atoms with E-state index in [0.717, 1.165) is 11.3 Å². The van der Waals surface area contributed by atoms with E-state index in [1.54, 1.807) is 12.1 Å². The zero-order valence-corrected chi connectivity index (χ0v) is 12.6. The molecule has 1 fully saturated rings. The molecule has 1 aliphatic rings. The van der Waals surface area contributed by atoms with Gasteiger partial charge in [-0.25, -0.2) is 0 Å². The first-order chi connectivity index (χ1) is 11.2. The van der Waals surface area contributed by atoms with E-state index in [9.17, 15) is 9.59 Å². The molecule has 118 valence electrons. The van der Waals surface area contributed by atoms with Crippen molar-refractivity contribution in [1.29, 1.82) is 0 Å². The molecule has 5 nitrogen and oxygen atoms in total. The van der Waals surface area contributed by atoms with Crippen LogP contribution in [0.15, 0.2) is 54.6 Å². The number of nitrogens with one attached hydrogen (secondary N) is 2. The zero-order chi connectivity index (χ0) is 16.1. The van der Waals surface area contributed by atoms with Gasteiger partial charge < -0.3 is 15.4 Å². The summed E-state index contributed by atoms with van der Waals surface area (Å²) in [4.78, 5) is 23.1. The Morgan fingerprint density at radius 2 is 1.87 bits per heavy atom. The quantitative estimate of drug-likeness (QED) is 0.891. The third-order valence-corrected chi connectivity index (χ3v) is 3.68. The number of anilines is 1. The molecule has 2 N–H and O–H groups in total. The molecule has 1 unspecified atom stereocenters. The molecule has 3 rings (SSSR count). The molecular formula is C18H18N2O3. The van der Waals surface area contributed by atoms with E-state index >= 15 is 0 Å². The summed E-state index contributed by atoms with van der Waals surface area (Å²) in [6.07, 6.45) is 0.952. The summed E-state index contributed by atoms with van der Waals surface area (Å²) in [6.45, 7) is 0.501. The van der Waals surface area contributed by atoms with Gasteiger partial charge in [0.15, 0.2) is 0 Å². The maximum atomic E-state index is 12.0. The number of hydrogen-bond donors (Lipinski definition) is 2. The van der Waals surface area contributed by atoms with Crippen LogP contribution in [0, 0.1) is 0 Å². The number of carbonyl (C=O) groups excluding carboxylic acids is 2. The molecule has 23 heavy (non-hydrogen) atoms. The van der Waals surface area contributed by atoms with Gasteiger partial charge in [0, 0.05) is 12.1 Å². The molecule has 5 heteroatoms. The van der Waals surface area contributed by atoms with Crippen LogP contribution in [0.4, 0.5) is 5.69 Å². The maximum Gasteiger partial charge on any atom is 0.246 e. The molecule has 0 aromatic heterocycles. The first-order valence-electron chi connectivity index (χ1n) is 7.58. The number of ether oxygens (including phenoxy) is 1. The van der Waals surface area contributed by atoms with E-state index in [1.807, 2.05) is 42.5 Å². The first kappa shape index (κ1) is 15.1. The standard InChI is InChI=1S/C18H18N2O3/c21-17-11-10-16(20-17)18(22)19-14-6-8-15(9-7-14)23-12-13-4-2-1-3-5-13/h1-9,16H,10-12H2,(H,19,22)(H,20,21). The predicted molar refractivity (Wildman–Crippen MR) is 87.0 cm³/mol. The minimum absolute atomic E-state index is 0.0743. The Morgan fingerprint density at radius 3 is 2.52 bits per heavy atom. The largest absolute Gasteiger partial charge is 0.489 e. The van der Waals surface area contributed by atoms with E-state index in [4.69, 9.17) is 4.74 Å². The highest BCUT2D eigenvalue weighted by atomic mass is 16.5. The Hall–Kier alpha value is -2.82. The van der Waals surface area contributed by atoms with Crippen LogP contribution in [0.3, 0.4) is 0 Å². The third kappa shape index (κ3) is 4.10. The topological polar surface area (TPSA) is 67.4 Å². The van der Waals surface area contributed by atoms with Crippen LogP contribution in [-0.4, -0.2) is 17.9 Å². The number of hydrogen-bond acceptors (Lipinski definition) is 3. The van der Waals surface area contributed by atoms with E-state index in [1.165, 1.54) is 0 Å². The van der Waals surface area contributed by atoms with Crippen LogP contribution in [0.1, 0.15) is 18.4 Å². The van der Waals surface area contributed by atoms with Crippen molar-refractivity contribution in [1.82, 2.24) is 5.32 Å². The summed E-state index contributed by atoms with van der Waals surface area (Å²) < 4.78 is 5.70. The van der Waals surface area contributed by atoms with Gasteiger partial charge in [-0.2, -0.15) is 0 Å². The first-order valence-corrected chi connectivity index (χ1v) is 7.58. The van der Waals surface area contributed by atoms with Crippen LogP contribution >= 0.6 is 0 Å². The van der Waals surface area contributed by atoms with Crippen LogP contribution in [0.25, 0.3) is 0 Å². The summed E-state index contributed by atoms with van der Waals surface area (Å²) in [6, 6.07) is 16.7. The molecule has 0 saturated carbocycles. The van der Waals surface area contributed by atoms with Crippen molar-refractivity contribution in [2.45, 2.75) is 25.5 Å². The number of rotatable bonds is 5. The Kier molecular flexibility index (Phi) is 4.57. The van der Waals surface area contributed by atoms with E-state index in [2.05, 4.69) is 10.6 Å². The normalized spacial score (nSPS) is 16.7. The van der Waals surface area contributed by atoms with Gasteiger partial charge in [0.1, 0.15) is 18.4 Å². The Morgan fingerprint density at radius 1 is 1.13 bits per heavy atom. The van der Waals surface area contributed by atoms with Gasteiger partial charge in [0.25, 0.3) is 0 Å². The Labute approximate surface area is 134 Å². The highest BCUT2D eigenvalue weighted by Crippen LogP contribution is 2.18. The van der Waals surface area contributed by atoms with Crippen molar-refractivity contribution in [3.63, 3.8) is 0 Å². The predicted octanol–water partition coefficient (Wildman–Crippen LogP) is 2.48. The summed E-state index contributed by atoms with van der Waals surface area (Å²) in [5.41, 5.74) is 1.78. The van der Waals surface area contributed by atoms with Gasteiger partial charge in [0.05, 0.1) is 0 Å². The monoisotopic (exact) mass is 310 g/mol. The lowest BCUT2D eigenvalue weighted by molar-refractivity contribution is -0.122. The van der Waals surface area contributed by atoms with Crippen molar-refractivity contribution in [2.24, 2.45) is 0 Å². The van der Waals surface area contributed by atoms with E-state index in [0.29, 0.717) is 25.1 Å². The van der Waals surface area contributed by atoms with Crippen LogP contribution < -0.4 is 15.4 Å². The Bertz CT molecular complexity index is 683. The van der Waals surface area contributed by atoms with Gasteiger partial charge in [-0.1, -0.05) is 30.3 Å². The minimum Gasteiger partial charge on any atom is -0.489 e. The number of amides is 2. The van der Waals surface area contributed by atoms with Crippen molar-refractivity contribution < 1.29 is 14.3 Å². The summed E-state index contributed by atoms with van der Waals surface area (Å²) >= 11 is 0. The minimum atomic E-state index is -0.434. The van der Waals surface area contributed by atoms with Gasteiger partial charge in [0.2, 0.25) is 11.8 Å². The molecule has 0 aliphatic carbocycles. The zero-order valence-electron chi connectivity index (χ0n) is 12.6. The molecule has 2 aromatic carbocycles. The molecule has 1 atom stereocenters. The summed E-state index contributed by atoms with van der Waals surface area (Å²) in [5, 5.41) is 5.44. The molecular weight excluding hydrogens is 292 g/mol. The maximum absolute atomic E-state index is 12.0. The summed E-state index contributed by atoms with van der Waals surface area (Å²) in [7, 11) is 0. The number of benzene rings is 2. The highest BCUT2D eigenvalue weighted by molar-refractivity contribution is 5.98. The van der Waals surface area contributed by atoms with Gasteiger partial charge in [-0.15, -0.1) is 0 Å². The van der Waals surface area contributed by atoms with Crippen LogP contribution in [0.5, 0.6) is 5.75 Å². The van der Waals surface area contributed by atoms with Crippen molar-refractivity contribution in [3.8, 4) is 5.75 Å². The van der Waals surface area contributed by atoms with Gasteiger partial charge >= 0.3 is 0 Å². The molecule has 0 radical (unpaired) electrons. The molecule has 1 saturated heterocycles. The van der Waals surface area contributed by atoms with Crippen molar-refractivity contribution in [3.05, 3.63) is 60.2 Å². The second-order valence-corrected chi connectivity index (χ2v) is 5.45. The third-order valence-electron chi connectivity index (χ3n) is 3.68. The SMILES string of the molecule is O=C1CCC(C(=O)Nc2ccc(OCc3ccccc3)cc2)N1. The van der Waals surface area contributed by atoms with Crippen LogP contribution in [-0.2, 0) is 16.2 Å².